The molecule has 0 spiro atoms. The van der Waals surface area contributed by atoms with Crippen LogP contribution >= 0.6 is 0 Å². The van der Waals surface area contributed by atoms with Gasteiger partial charge in [0.05, 0.1) is 8.07 Å². The molecule has 0 rings (SSSR count). The molecule has 0 fully saturated rings. The highest BCUT2D eigenvalue weighted by atomic mass is 28.3. The number of hydrogen-bond donors (Lipinski definition) is 1. The second kappa shape index (κ2) is 4.97. The van der Waals surface area contributed by atoms with Crippen molar-refractivity contribution in [1.82, 2.24) is 0 Å². The molecule has 0 aromatic heterocycles. The van der Waals surface area contributed by atoms with E-state index in [9.17, 15) is 4.79 Å². The summed E-state index contributed by atoms with van der Waals surface area (Å²) in [5.74, 6) is -0.789. The summed E-state index contributed by atoms with van der Waals surface area (Å²) in [6, 6.07) is 0. The molecule has 0 bridgehead atoms. The smallest absolute Gasteiger partial charge is 0.330 e. The van der Waals surface area contributed by atoms with E-state index in [0.29, 0.717) is 5.57 Å². The Labute approximate surface area is 94.4 Å². The second-order valence-corrected chi connectivity index (χ2v) is 10.6. The SMILES string of the molecule is CCCC(C)(C)[Si](C)(C)C=C(C)C(=O)O. The number of carboxylic acids is 1. The first-order valence-corrected chi connectivity index (χ1v) is 8.64. The minimum Gasteiger partial charge on any atom is -0.478 e. The molecule has 0 aromatic carbocycles. The van der Waals surface area contributed by atoms with Gasteiger partial charge in [-0.2, -0.15) is 0 Å². The molecule has 0 radical (unpaired) electrons. The van der Waals surface area contributed by atoms with Crippen LogP contribution < -0.4 is 0 Å². The van der Waals surface area contributed by atoms with Crippen LogP contribution in [0.1, 0.15) is 40.5 Å². The van der Waals surface area contributed by atoms with Crippen LogP contribution in [0.15, 0.2) is 11.3 Å². The molecule has 0 heterocycles. The third kappa shape index (κ3) is 3.82. The van der Waals surface area contributed by atoms with Crippen molar-refractivity contribution in [3.63, 3.8) is 0 Å². The number of carboxylic acid groups (broad SMARTS) is 1. The molecule has 0 aliphatic rings. The van der Waals surface area contributed by atoms with Gasteiger partial charge in [0.15, 0.2) is 0 Å². The predicted octanol–water partition coefficient (Wildman–Crippen LogP) is 3.85. The van der Waals surface area contributed by atoms with Crippen LogP contribution in [0.4, 0.5) is 0 Å². The number of rotatable bonds is 5. The van der Waals surface area contributed by atoms with Crippen molar-refractivity contribution in [3.05, 3.63) is 11.3 Å². The van der Waals surface area contributed by atoms with E-state index in [1.54, 1.807) is 6.92 Å². The van der Waals surface area contributed by atoms with Crippen LogP contribution in [-0.4, -0.2) is 19.1 Å². The van der Waals surface area contributed by atoms with Gasteiger partial charge in [0.2, 0.25) is 0 Å². The van der Waals surface area contributed by atoms with Crippen molar-refractivity contribution in [3.8, 4) is 0 Å². The molecular formula is C12H24O2Si. The molecule has 0 atom stereocenters. The van der Waals surface area contributed by atoms with E-state index in [0.717, 1.165) is 12.8 Å². The molecule has 1 N–H and O–H groups in total. The fourth-order valence-electron chi connectivity index (χ4n) is 1.75. The average Bonchev–Trinajstić information content (AvgIpc) is 2.02. The molecule has 0 amide bonds. The molecule has 2 nitrogen and oxygen atoms in total. The Morgan fingerprint density at radius 3 is 2.20 bits per heavy atom. The van der Waals surface area contributed by atoms with E-state index in [-0.39, 0.29) is 5.04 Å². The van der Waals surface area contributed by atoms with Crippen molar-refractivity contribution in [2.45, 2.75) is 58.7 Å². The Morgan fingerprint density at radius 1 is 1.40 bits per heavy atom. The summed E-state index contributed by atoms with van der Waals surface area (Å²) in [5, 5.41) is 9.16. The van der Waals surface area contributed by atoms with Crippen LogP contribution in [0.25, 0.3) is 0 Å². The summed E-state index contributed by atoms with van der Waals surface area (Å²) < 4.78 is 0. The van der Waals surface area contributed by atoms with Crippen LogP contribution in [0, 0.1) is 0 Å². The van der Waals surface area contributed by atoms with Gasteiger partial charge in [0, 0.05) is 5.57 Å². The molecule has 15 heavy (non-hydrogen) atoms. The number of carbonyl (C=O) groups is 1. The predicted molar refractivity (Wildman–Crippen MR) is 67.8 cm³/mol. The molecule has 0 aliphatic heterocycles. The Hall–Kier alpha value is -0.573. The largest absolute Gasteiger partial charge is 0.478 e. The standard InChI is InChI=1S/C12H24O2Si/c1-7-8-12(3,4)15(5,6)9-10(2)11(13)14/h9H,7-8H2,1-6H3,(H,13,14). The van der Waals surface area contributed by atoms with Crippen molar-refractivity contribution in [1.29, 1.82) is 0 Å². The van der Waals surface area contributed by atoms with Crippen LogP contribution in [-0.2, 0) is 4.79 Å². The zero-order valence-corrected chi connectivity index (χ0v) is 11.8. The van der Waals surface area contributed by atoms with Gasteiger partial charge in [0.25, 0.3) is 0 Å². The van der Waals surface area contributed by atoms with E-state index in [1.165, 1.54) is 0 Å². The first kappa shape index (κ1) is 14.4. The van der Waals surface area contributed by atoms with E-state index in [4.69, 9.17) is 5.11 Å². The summed E-state index contributed by atoms with van der Waals surface area (Å²) in [6.45, 7) is 12.9. The highest BCUT2D eigenvalue weighted by Gasteiger charge is 2.36. The maximum Gasteiger partial charge on any atom is 0.330 e. The Balaban J connectivity index is 4.97. The fraction of sp³-hybridized carbons (Fsp3) is 0.750. The zero-order chi connectivity index (χ0) is 12.3. The highest BCUT2D eigenvalue weighted by Crippen LogP contribution is 2.42. The van der Waals surface area contributed by atoms with E-state index in [1.807, 2.05) is 5.70 Å². The van der Waals surface area contributed by atoms with Gasteiger partial charge >= 0.3 is 5.97 Å². The van der Waals surface area contributed by atoms with Crippen molar-refractivity contribution in [2.24, 2.45) is 0 Å². The van der Waals surface area contributed by atoms with Gasteiger partial charge in [-0.15, -0.1) is 0 Å². The molecule has 0 aromatic rings. The maximum absolute atomic E-state index is 10.8. The topological polar surface area (TPSA) is 37.3 Å². The first-order chi connectivity index (χ1) is 6.64. The van der Waals surface area contributed by atoms with Gasteiger partial charge in [-0.1, -0.05) is 52.4 Å². The van der Waals surface area contributed by atoms with Crippen LogP contribution in [0.3, 0.4) is 0 Å². The van der Waals surface area contributed by atoms with Gasteiger partial charge in [-0.25, -0.2) is 4.79 Å². The molecule has 0 saturated carbocycles. The van der Waals surface area contributed by atoms with Crippen molar-refractivity contribution in [2.75, 3.05) is 0 Å². The molecule has 3 heteroatoms. The van der Waals surface area contributed by atoms with E-state index < -0.39 is 14.0 Å². The second-order valence-electron chi connectivity index (χ2n) is 5.49. The molecule has 0 aliphatic carbocycles. The van der Waals surface area contributed by atoms with E-state index in [2.05, 4.69) is 33.9 Å². The molecule has 88 valence electrons. The normalized spacial score (nSPS) is 14.1. The van der Waals surface area contributed by atoms with Crippen molar-refractivity contribution < 1.29 is 9.90 Å². The summed E-state index contributed by atoms with van der Waals surface area (Å²) in [7, 11) is -1.62. The fourth-order valence-corrected chi connectivity index (χ4v) is 4.24. The first-order valence-electron chi connectivity index (χ1n) is 5.57. The average molecular weight is 228 g/mol. The molecule has 0 saturated heterocycles. The minimum absolute atomic E-state index is 0.262. The van der Waals surface area contributed by atoms with Crippen molar-refractivity contribution >= 4 is 14.0 Å². The third-order valence-electron chi connectivity index (χ3n) is 3.53. The van der Waals surface area contributed by atoms with Crippen LogP contribution in [0.5, 0.6) is 0 Å². The summed E-state index contributed by atoms with van der Waals surface area (Å²) >= 11 is 0. The lowest BCUT2D eigenvalue weighted by molar-refractivity contribution is -0.132. The van der Waals surface area contributed by atoms with Gasteiger partial charge in [-0.3, -0.25) is 0 Å². The minimum atomic E-state index is -1.62. The number of aliphatic carboxylic acids is 1. The van der Waals surface area contributed by atoms with Gasteiger partial charge in [0.1, 0.15) is 0 Å². The third-order valence-corrected chi connectivity index (χ3v) is 8.43. The zero-order valence-electron chi connectivity index (χ0n) is 10.8. The lowest BCUT2D eigenvalue weighted by Gasteiger charge is -2.38. The lowest BCUT2D eigenvalue weighted by Crippen LogP contribution is -2.37. The molecule has 0 unspecified atom stereocenters. The quantitative estimate of drug-likeness (QED) is 0.573. The highest BCUT2D eigenvalue weighted by molar-refractivity contribution is 6.85. The van der Waals surface area contributed by atoms with Gasteiger partial charge < -0.3 is 5.11 Å². The number of hydrogen-bond acceptors (Lipinski definition) is 1. The summed E-state index contributed by atoms with van der Waals surface area (Å²) in [4.78, 5) is 10.8. The Bertz CT molecular complexity index is 265. The maximum atomic E-state index is 10.8. The molecular weight excluding hydrogens is 204 g/mol. The Kier molecular flexibility index (Phi) is 4.78. The monoisotopic (exact) mass is 228 g/mol. The summed E-state index contributed by atoms with van der Waals surface area (Å²) in [5.41, 5.74) is 2.51. The van der Waals surface area contributed by atoms with Gasteiger partial charge in [-0.05, 0) is 12.0 Å². The van der Waals surface area contributed by atoms with Crippen LogP contribution in [0.2, 0.25) is 18.1 Å². The lowest BCUT2D eigenvalue weighted by atomic mass is 10.1. The summed E-state index contributed by atoms with van der Waals surface area (Å²) in [6.07, 6.45) is 2.32. The Morgan fingerprint density at radius 2 is 1.87 bits per heavy atom. The van der Waals surface area contributed by atoms with E-state index >= 15 is 0 Å².